The van der Waals surface area contributed by atoms with E-state index in [0.717, 1.165) is 6.26 Å². The Morgan fingerprint density at radius 3 is 2.52 bits per heavy atom. The molecule has 0 bridgehead atoms. The molecule has 122 valence electrons. The predicted octanol–water partition coefficient (Wildman–Crippen LogP) is 0.160. The largest absolute Gasteiger partial charge is 0.322 e. The molecule has 3 amide bonds. The highest BCUT2D eigenvalue weighted by molar-refractivity contribution is 7.90. The van der Waals surface area contributed by atoms with E-state index in [-0.39, 0.29) is 36.1 Å². The van der Waals surface area contributed by atoms with Gasteiger partial charge in [0.15, 0.2) is 9.84 Å². The van der Waals surface area contributed by atoms with Crippen molar-refractivity contribution in [3.8, 4) is 0 Å². The number of amides is 3. The van der Waals surface area contributed by atoms with Crippen LogP contribution in [0.15, 0.2) is 17.0 Å². The fourth-order valence-electron chi connectivity index (χ4n) is 3.12. The number of carbonyl (C=O) groups excluding carboxylic acids is 3. The van der Waals surface area contributed by atoms with Gasteiger partial charge in [0.25, 0.3) is 5.91 Å². The number of fused-ring (bicyclic) bond motifs is 1. The number of sulfone groups is 1. The second-order valence-corrected chi connectivity index (χ2v) is 7.93. The first-order chi connectivity index (χ1) is 10.7. The second-order valence-electron chi connectivity index (χ2n) is 5.95. The molecule has 0 aliphatic carbocycles. The molecule has 0 radical (unpaired) electrons. The number of rotatable bonds is 2. The number of piperidine rings is 1. The summed E-state index contributed by atoms with van der Waals surface area (Å²) in [6.07, 6.45) is 1.56. The van der Waals surface area contributed by atoms with Crippen LogP contribution in [-0.2, 0) is 26.0 Å². The fourth-order valence-corrected chi connectivity index (χ4v) is 4.09. The van der Waals surface area contributed by atoms with Crippen molar-refractivity contribution in [2.24, 2.45) is 0 Å². The molecule has 2 heterocycles. The SMILES string of the molecule is Cc1cc2c(cc1S(C)(=O)=O)C(=O)N(C1CCC(=O)NC1=O)C2. The third-order valence-corrected chi connectivity index (χ3v) is 5.46. The zero-order chi connectivity index (χ0) is 16.9. The first-order valence-electron chi connectivity index (χ1n) is 7.16. The molecule has 8 heteroatoms. The van der Waals surface area contributed by atoms with Gasteiger partial charge < -0.3 is 4.90 Å². The van der Waals surface area contributed by atoms with E-state index in [1.165, 1.54) is 11.0 Å². The molecular formula is C15H16N2O5S. The van der Waals surface area contributed by atoms with E-state index < -0.39 is 21.8 Å². The van der Waals surface area contributed by atoms with Gasteiger partial charge in [-0.25, -0.2) is 8.42 Å². The van der Waals surface area contributed by atoms with E-state index in [2.05, 4.69) is 5.32 Å². The lowest BCUT2D eigenvalue weighted by Crippen LogP contribution is -2.52. The first kappa shape index (κ1) is 15.7. The van der Waals surface area contributed by atoms with Crippen molar-refractivity contribution in [1.82, 2.24) is 10.2 Å². The van der Waals surface area contributed by atoms with Gasteiger partial charge >= 0.3 is 0 Å². The van der Waals surface area contributed by atoms with Crippen molar-refractivity contribution in [3.63, 3.8) is 0 Å². The van der Waals surface area contributed by atoms with Gasteiger partial charge in [0, 0.05) is 24.8 Å². The van der Waals surface area contributed by atoms with Gasteiger partial charge in [-0.15, -0.1) is 0 Å². The summed E-state index contributed by atoms with van der Waals surface area (Å²) in [4.78, 5) is 37.3. The Balaban J connectivity index is 1.97. The smallest absolute Gasteiger partial charge is 0.255 e. The number of nitrogens with one attached hydrogen (secondary N) is 1. The van der Waals surface area contributed by atoms with Crippen LogP contribution < -0.4 is 5.32 Å². The van der Waals surface area contributed by atoms with Crippen LogP contribution in [-0.4, -0.2) is 43.3 Å². The molecule has 0 aromatic heterocycles. The molecule has 1 unspecified atom stereocenters. The Morgan fingerprint density at radius 2 is 1.91 bits per heavy atom. The zero-order valence-corrected chi connectivity index (χ0v) is 13.6. The van der Waals surface area contributed by atoms with Gasteiger partial charge in [0.1, 0.15) is 6.04 Å². The topological polar surface area (TPSA) is 101 Å². The molecule has 2 aliphatic heterocycles. The Labute approximate surface area is 133 Å². The summed E-state index contributed by atoms with van der Waals surface area (Å²) in [6, 6.07) is 2.36. The lowest BCUT2D eigenvalue weighted by molar-refractivity contribution is -0.136. The van der Waals surface area contributed by atoms with E-state index in [1.54, 1.807) is 13.0 Å². The third-order valence-electron chi connectivity index (χ3n) is 4.22. The average molecular weight is 336 g/mol. The number of imide groups is 1. The van der Waals surface area contributed by atoms with E-state index in [1.807, 2.05) is 0 Å². The highest BCUT2D eigenvalue weighted by Crippen LogP contribution is 2.31. The minimum Gasteiger partial charge on any atom is -0.322 e. The molecule has 23 heavy (non-hydrogen) atoms. The molecular weight excluding hydrogens is 320 g/mol. The van der Waals surface area contributed by atoms with E-state index >= 15 is 0 Å². The molecule has 1 atom stereocenters. The third kappa shape index (κ3) is 2.63. The second kappa shape index (κ2) is 5.16. The van der Waals surface area contributed by atoms with Crippen molar-refractivity contribution >= 4 is 27.6 Å². The maximum Gasteiger partial charge on any atom is 0.255 e. The monoisotopic (exact) mass is 336 g/mol. The van der Waals surface area contributed by atoms with Crippen LogP contribution in [0, 0.1) is 6.92 Å². The average Bonchev–Trinajstić information content (AvgIpc) is 2.73. The standard InChI is InChI=1S/C15H16N2O5S/c1-8-5-9-7-17(11-3-4-13(18)16-14(11)19)15(20)10(9)6-12(8)23(2,21)22/h5-6,11H,3-4,7H2,1-2H3,(H,16,18,19). The number of benzene rings is 1. The van der Waals surface area contributed by atoms with Gasteiger partial charge in [-0.1, -0.05) is 6.07 Å². The lowest BCUT2D eigenvalue weighted by atomic mass is 10.0. The van der Waals surface area contributed by atoms with E-state index in [4.69, 9.17) is 0 Å². The lowest BCUT2D eigenvalue weighted by Gasteiger charge is -2.29. The zero-order valence-electron chi connectivity index (χ0n) is 12.8. The van der Waals surface area contributed by atoms with Crippen molar-refractivity contribution in [2.75, 3.05) is 6.26 Å². The number of nitrogens with zero attached hydrogens (tertiary/aromatic N) is 1. The van der Waals surface area contributed by atoms with Gasteiger partial charge in [-0.05, 0) is 30.5 Å². The first-order valence-corrected chi connectivity index (χ1v) is 9.06. The molecule has 1 N–H and O–H groups in total. The molecule has 0 spiro atoms. The Bertz CT molecular complexity index is 844. The Kier molecular flexibility index (Phi) is 3.51. The molecule has 2 aliphatic rings. The van der Waals surface area contributed by atoms with Gasteiger partial charge in [0.2, 0.25) is 11.8 Å². The van der Waals surface area contributed by atoms with Crippen molar-refractivity contribution in [3.05, 3.63) is 28.8 Å². The molecule has 3 rings (SSSR count). The summed E-state index contributed by atoms with van der Waals surface area (Å²) in [5, 5.41) is 2.23. The number of hydrogen-bond donors (Lipinski definition) is 1. The minimum atomic E-state index is -3.43. The fraction of sp³-hybridized carbons (Fsp3) is 0.400. The summed E-state index contributed by atoms with van der Waals surface area (Å²) in [5.74, 6) is -1.20. The highest BCUT2D eigenvalue weighted by atomic mass is 32.2. The normalized spacial score (nSPS) is 21.4. The number of carbonyl (C=O) groups is 3. The van der Waals surface area contributed by atoms with Gasteiger partial charge in [-0.2, -0.15) is 0 Å². The van der Waals surface area contributed by atoms with Gasteiger partial charge in [-0.3, -0.25) is 19.7 Å². The van der Waals surface area contributed by atoms with Crippen LogP contribution >= 0.6 is 0 Å². The summed E-state index contributed by atoms with van der Waals surface area (Å²) in [7, 11) is -3.43. The summed E-state index contributed by atoms with van der Waals surface area (Å²) in [6.45, 7) is 1.92. The van der Waals surface area contributed by atoms with E-state index in [9.17, 15) is 22.8 Å². The highest BCUT2D eigenvalue weighted by Gasteiger charge is 2.39. The van der Waals surface area contributed by atoms with Crippen LogP contribution in [0.25, 0.3) is 0 Å². The van der Waals surface area contributed by atoms with Crippen LogP contribution in [0.4, 0.5) is 0 Å². The quantitative estimate of drug-likeness (QED) is 0.775. The molecule has 1 aromatic carbocycles. The van der Waals surface area contributed by atoms with Crippen LogP contribution in [0.2, 0.25) is 0 Å². The van der Waals surface area contributed by atoms with Crippen molar-refractivity contribution < 1.29 is 22.8 Å². The number of hydrogen-bond acceptors (Lipinski definition) is 5. The molecule has 1 fully saturated rings. The van der Waals surface area contributed by atoms with Crippen LogP contribution in [0.5, 0.6) is 0 Å². The molecule has 7 nitrogen and oxygen atoms in total. The molecule has 0 saturated carbocycles. The Morgan fingerprint density at radius 1 is 1.22 bits per heavy atom. The summed E-state index contributed by atoms with van der Waals surface area (Å²) in [5.41, 5.74) is 1.58. The summed E-state index contributed by atoms with van der Waals surface area (Å²) < 4.78 is 23.6. The maximum absolute atomic E-state index is 12.6. The molecule has 1 saturated heterocycles. The number of aryl methyl sites for hydroxylation is 1. The van der Waals surface area contributed by atoms with Crippen LogP contribution in [0.3, 0.4) is 0 Å². The van der Waals surface area contributed by atoms with E-state index in [0.29, 0.717) is 16.7 Å². The van der Waals surface area contributed by atoms with Crippen molar-refractivity contribution in [1.29, 1.82) is 0 Å². The molecule has 1 aromatic rings. The van der Waals surface area contributed by atoms with Crippen molar-refractivity contribution in [2.45, 2.75) is 37.2 Å². The Hall–Kier alpha value is -2.22. The minimum absolute atomic E-state index is 0.120. The maximum atomic E-state index is 12.6. The summed E-state index contributed by atoms with van der Waals surface area (Å²) >= 11 is 0. The van der Waals surface area contributed by atoms with Crippen LogP contribution in [0.1, 0.15) is 34.3 Å². The van der Waals surface area contributed by atoms with Gasteiger partial charge in [0.05, 0.1) is 4.90 Å². The predicted molar refractivity (Wildman–Crippen MR) is 80.3 cm³/mol.